The van der Waals surface area contributed by atoms with Gasteiger partial charge in [0.15, 0.2) is 6.10 Å². The van der Waals surface area contributed by atoms with E-state index in [1.165, 1.54) is 70.6 Å². The first kappa shape index (κ1) is 24.1. The molecule has 2 N–H and O–H groups in total. The van der Waals surface area contributed by atoms with Crippen LogP contribution in [0, 0.1) is 0 Å². The Morgan fingerprint density at radius 1 is 0.840 bits per heavy atom. The Labute approximate surface area is 154 Å². The molecule has 0 aliphatic carbocycles. The predicted molar refractivity (Wildman–Crippen MR) is 104 cm³/mol. The van der Waals surface area contributed by atoms with Gasteiger partial charge in [0, 0.05) is 0 Å². The third-order valence-corrected chi connectivity index (χ3v) is 4.35. The topological polar surface area (TPSA) is 66.8 Å². The number of carbonyl (C=O) groups is 1. The number of carbonyl (C=O) groups excluding carboxylic acids is 1. The molecule has 0 saturated heterocycles. The Morgan fingerprint density at radius 2 is 1.32 bits per heavy atom. The smallest absolute Gasteiger partial charge is 0.337 e. The van der Waals surface area contributed by atoms with Crippen LogP contribution in [-0.2, 0) is 9.53 Å². The molecule has 1 atom stereocenters. The van der Waals surface area contributed by atoms with Crippen LogP contribution >= 0.6 is 0 Å². The van der Waals surface area contributed by atoms with Crippen molar-refractivity contribution in [1.29, 1.82) is 0 Å². The second-order valence-electron chi connectivity index (χ2n) is 6.80. The number of ether oxygens (including phenoxy) is 1. The van der Waals surface area contributed by atoms with Gasteiger partial charge >= 0.3 is 5.97 Å². The number of aliphatic hydroxyl groups is 2. The van der Waals surface area contributed by atoms with Crippen molar-refractivity contribution in [2.45, 2.75) is 103 Å². The van der Waals surface area contributed by atoms with E-state index in [0.29, 0.717) is 6.61 Å². The van der Waals surface area contributed by atoms with Gasteiger partial charge in [-0.05, 0) is 32.1 Å². The lowest BCUT2D eigenvalue weighted by atomic mass is 10.1. The second kappa shape index (κ2) is 19.5. The molecule has 0 spiro atoms. The van der Waals surface area contributed by atoms with Crippen molar-refractivity contribution in [3.05, 3.63) is 12.2 Å². The van der Waals surface area contributed by atoms with Crippen LogP contribution in [0.4, 0.5) is 0 Å². The Kier molecular flexibility index (Phi) is 18.8. The molecule has 0 aromatic heterocycles. The summed E-state index contributed by atoms with van der Waals surface area (Å²) in [7, 11) is 0. The van der Waals surface area contributed by atoms with Gasteiger partial charge in [0.25, 0.3) is 0 Å². The average molecular weight is 357 g/mol. The highest BCUT2D eigenvalue weighted by Crippen LogP contribution is 2.10. The maximum Gasteiger partial charge on any atom is 0.337 e. The zero-order valence-corrected chi connectivity index (χ0v) is 16.3. The van der Waals surface area contributed by atoms with E-state index in [4.69, 9.17) is 14.9 Å². The Bertz CT molecular complexity index is 315. The molecule has 0 rings (SSSR count). The minimum atomic E-state index is -1.39. The molecule has 0 aliphatic rings. The summed E-state index contributed by atoms with van der Waals surface area (Å²) in [6.07, 6.45) is 20.6. The van der Waals surface area contributed by atoms with E-state index in [9.17, 15) is 4.79 Å². The predicted octanol–water partition coefficient (Wildman–Crippen LogP) is 4.92. The minimum Gasteiger partial charge on any atom is -0.464 e. The van der Waals surface area contributed by atoms with Crippen molar-refractivity contribution in [2.24, 2.45) is 0 Å². The summed E-state index contributed by atoms with van der Waals surface area (Å²) >= 11 is 0. The highest BCUT2D eigenvalue weighted by Gasteiger charge is 2.14. The largest absolute Gasteiger partial charge is 0.464 e. The third-order valence-electron chi connectivity index (χ3n) is 4.35. The lowest BCUT2D eigenvalue weighted by molar-refractivity contribution is -0.155. The van der Waals surface area contributed by atoms with Crippen molar-refractivity contribution in [2.75, 3.05) is 13.2 Å². The van der Waals surface area contributed by atoms with Gasteiger partial charge in [0.2, 0.25) is 0 Å². The standard InChI is InChI=1S/C21H40O4/c1-2-3-4-5-6-7-8-9-10-11-12-13-14-15-16-17-18-25-21(24)20(23)19-22/h9-10,20,22-23H,2-8,11-19H2,1H3/b10-9+. The van der Waals surface area contributed by atoms with Crippen LogP contribution in [0.3, 0.4) is 0 Å². The van der Waals surface area contributed by atoms with Crippen LogP contribution < -0.4 is 0 Å². The first-order valence-electron chi connectivity index (χ1n) is 10.3. The summed E-state index contributed by atoms with van der Waals surface area (Å²) in [6, 6.07) is 0. The molecule has 0 saturated carbocycles. The SMILES string of the molecule is CCCCCCCC/C=C/CCCCCCCCOC(=O)C(O)CO. The molecule has 0 aromatic carbocycles. The number of hydrogen-bond donors (Lipinski definition) is 2. The maximum atomic E-state index is 11.1. The van der Waals surface area contributed by atoms with Gasteiger partial charge in [-0.1, -0.05) is 76.9 Å². The van der Waals surface area contributed by atoms with E-state index in [1.807, 2.05) is 0 Å². The molecule has 0 radical (unpaired) electrons. The average Bonchev–Trinajstić information content (AvgIpc) is 2.63. The highest BCUT2D eigenvalue weighted by atomic mass is 16.5. The van der Waals surface area contributed by atoms with Crippen LogP contribution in [0.1, 0.15) is 96.8 Å². The number of unbranched alkanes of at least 4 members (excludes halogenated alkanes) is 12. The number of aliphatic hydroxyl groups excluding tert-OH is 2. The van der Waals surface area contributed by atoms with Gasteiger partial charge in [-0.2, -0.15) is 0 Å². The molecule has 4 nitrogen and oxygen atoms in total. The molecular formula is C21H40O4. The summed E-state index contributed by atoms with van der Waals surface area (Å²) in [5.41, 5.74) is 0. The molecule has 0 bridgehead atoms. The maximum absolute atomic E-state index is 11.1. The lowest BCUT2D eigenvalue weighted by Gasteiger charge is -2.07. The molecule has 0 fully saturated rings. The quantitative estimate of drug-likeness (QED) is 0.208. The molecule has 0 amide bonds. The molecule has 1 unspecified atom stereocenters. The van der Waals surface area contributed by atoms with Crippen LogP contribution in [0.15, 0.2) is 12.2 Å². The highest BCUT2D eigenvalue weighted by molar-refractivity contribution is 5.74. The fourth-order valence-corrected chi connectivity index (χ4v) is 2.69. The minimum absolute atomic E-state index is 0.330. The van der Waals surface area contributed by atoms with E-state index in [1.54, 1.807) is 0 Å². The van der Waals surface area contributed by atoms with Crippen molar-refractivity contribution in [3.8, 4) is 0 Å². The van der Waals surface area contributed by atoms with Gasteiger partial charge in [-0.3, -0.25) is 0 Å². The zero-order chi connectivity index (χ0) is 18.6. The van der Waals surface area contributed by atoms with Gasteiger partial charge < -0.3 is 14.9 Å². The molecule has 4 heteroatoms. The molecule has 0 aliphatic heterocycles. The van der Waals surface area contributed by atoms with Crippen molar-refractivity contribution >= 4 is 5.97 Å². The first-order valence-corrected chi connectivity index (χ1v) is 10.3. The molecule has 0 aromatic rings. The number of esters is 1. The fraction of sp³-hybridized carbons (Fsp3) is 0.857. The third kappa shape index (κ3) is 17.7. The fourth-order valence-electron chi connectivity index (χ4n) is 2.69. The molecule has 0 heterocycles. The van der Waals surface area contributed by atoms with Crippen LogP contribution in [0.2, 0.25) is 0 Å². The Hall–Kier alpha value is -0.870. The van der Waals surface area contributed by atoms with Crippen LogP contribution in [-0.4, -0.2) is 35.5 Å². The van der Waals surface area contributed by atoms with Crippen molar-refractivity contribution < 1.29 is 19.7 Å². The van der Waals surface area contributed by atoms with Gasteiger partial charge in [0.05, 0.1) is 13.2 Å². The zero-order valence-electron chi connectivity index (χ0n) is 16.3. The van der Waals surface area contributed by atoms with E-state index in [2.05, 4.69) is 19.1 Å². The number of hydrogen-bond acceptors (Lipinski definition) is 4. The molecule has 148 valence electrons. The van der Waals surface area contributed by atoms with Crippen molar-refractivity contribution in [3.63, 3.8) is 0 Å². The van der Waals surface area contributed by atoms with Gasteiger partial charge in [0.1, 0.15) is 0 Å². The second-order valence-corrected chi connectivity index (χ2v) is 6.80. The summed E-state index contributed by atoms with van der Waals surface area (Å²) in [6.45, 7) is 2.01. The van der Waals surface area contributed by atoms with E-state index in [0.717, 1.165) is 19.3 Å². The first-order chi connectivity index (χ1) is 12.2. The van der Waals surface area contributed by atoms with Gasteiger partial charge in [-0.15, -0.1) is 0 Å². The van der Waals surface area contributed by atoms with Crippen LogP contribution in [0.5, 0.6) is 0 Å². The summed E-state index contributed by atoms with van der Waals surface area (Å²) < 4.78 is 4.86. The van der Waals surface area contributed by atoms with Crippen LogP contribution in [0.25, 0.3) is 0 Å². The number of allylic oxidation sites excluding steroid dienone is 2. The Balaban J connectivity index is 3.18. The van der Waals surface area contributed by atoms with Gasteiger partial charge in [-0.25, -0.2) is 4.79 Å². The normalized spacial score (nSPS) is 12.6. The van der Waals surface area contributed by atoms with E-state index >= 15 is 0 Å². The number of rotatable bonds is 18. The molecular weight excluding hydrogens is 316 g/mol. The molecule has 25 heavy (non-hydrogen) atoms. The Morgan fingerprint density at radius 3 is 1.84 bits per heavy atom. The lowest BCUT2D eigenvalue weighted by Crippen LogP contribution is -2.26. The summed E-state index contributed by atoms with van der Waals surface area (Å²) in [4.78, 5) is 11.1. The summed E-state index contributed by atoms with van der Waals surface area (Å²) in [5, 5.41) is 17.6. The van der Waals surface area contributed by atoms with E-state index < -0.39 is 18.7 Å². The van der Waals surface area contributed by atoms with Crippen molar-refractivity contribution in [1.82, 2.24) is 0 Å². The summed E-state index contributed by atoms with van der Waals surface area (Å²) in [5.74, 6) is -0.727. The monoisotopic (exact) mass is 356 g/mol. The van der Waals surface area contributed by atoms with E-state index in [-0.39, 0.29) is 0 Å².